The van der Waals surface area contributed by atoms with Gasteiger partial charge in [0.15, 0.2) is 5.82 Å². The first-order valence-electron chi connectivity index (χ1n) is 11.8. The minimum Gasteiger partial charge on any atom is -0.378 e. The molecule has 3 N–H and O–H groups in total. The Balaban J connectivity index is 1.53. The Kier molecular flexibility index (Phi) is 6.73. The number of benzene rings is 1. The van der Waals surface area contributed by atoms with Crippen LogP contribution in [-0.2, 0) is 9.53 Å². The van der Waals surface area contributed by atoms with E-state index in [1.807, 2.05) is 4.90 Å². The molecule has 1 amide bonds. The van der Waals surface area contributed by atoms with E-state index in [1.165, 1.54) is 4.57 Å². The maximum atomic E-state index is 14.0. The zero-order valence-corrected chi connectivity index (χ0v) is 19.2. The number of piperidine rings is 1. The van der Waals surface area contributed by atoms with E-state index in [0.29, 0.717) is 68.0 Å². The zero-order valence-electron chi connectivity index (χ0n) is 19.2. The summed E-state index contributed by atoms with van der Waals surface area (Å²) in [5.74, 6) is 0.940. The van der Waals surface area contributed by atoms with Crippen molar-refractivity contribution in [2.24, 2.45) is 5.73 Å². The Morgan fingerprint density at radius 2 is 1.77 bits per heavy atom. The number of para-hydroxylation sites is 2. The van der Waals surface area contributed by atoms with Crippen LogP contribution in [0.2, 0.25) is 0 Å². The highest BCUT2D eigenvalue weighted by Gasteiger charge is 2.26. The normalized spacial score (nSPS) is 17.4. The van der Waals surface area contributed by atoms with Gasteiger partial charge in [-0.1, -0.05) is 12.1 Å². The van der Waals surface area contributed by atoms with E-state index in [9.17, 15) is 13.6 Å². The van der Waals surface area contributed by atoms with Gasteiger partial charge in [0.25, 0.3) is 6.43 Å². The number of halogens is 2. The van der Waals surface area contributed by atoms with E-state index in [0.717, 1.165) is 12.8 Å². The van der Waals surface area contributed by atoms with Crippen molar-refractivity contribution in [2.45, 2.75) is 25.3 Å². The fourth-order valence-corrected chi connectivity index (χ4v) is 4.56. The Bertz CT molecular complexity index is 1190. The molecule has 0 radical (unpaired) electrons. The van der Waals surface area contributed by atoms with Crippen LogP contribution in [0.1, 0.15) is 25.1 Å². The highest BCUT2D eigenvalue weighted by molar-refractivity contribution is 5.79. The van der Waals surface area contributed by atoms with Gasteiger partial charge in [-0.15, -0.1) is 0 Å². The molecule has 0 unspecified atom stereocenters. The average molecular weight is 487 g/mol. The lowest BCUT2D eigenvalue weighted by atomic mass is 10.1. The summed E-state index contributed by atoms with van der Waals surface area (Å²) in [6.07, 6.45) is -1.31. The molecule has 4 heterocycles. The monoisotopic (exact) mass is 486 g/mol. The van der Waals surface area contributed by atoms with Gasteiger partial charge in [-0.25, -0.2) is 13.8 Å². The first kappa shape index (κ1) is 23.4. The molecule has 2 aliphatic rings. The molecular weight excluding hydrogens is 458 g/mol. The van der Waals surface area contributed by atoms with Crippen molar-refractivity contribution in [1.82, 2.24) is 24.8 Å². The molecule has 12 heteroatoms. The molecule has 35 heavy (non-hydrogen) atoms. The largest absolute Gasteiger partial charge is 0.378 e. The smallest absolute Gasteiger partial charge is 0.296 e. The quantitative estimate of drug-likeness (QED) is 0.541. The molecule has 2 fully saturated rings. The molecule has 10 nitrogen and oxygen atoms in total. The third-order valence-electron chi connectivity index (χ3n) is 6.36. The zero-order chi connectivity index (χ0) is 24.4. The summed E-state index contributed by atoms with van der Waals surface area (Å²) in [5.41, 5.74) is 6.46. The number of carbonyl (C=O) groups is 1. The van der Waals surface area contributed by atoms with Crippen LogP contribution < -0.4 is 20.9 Å². The number of ether oxygens (including phenoxy) is 1. The number of alkyl halides is 2. The number of rotatable bonds is 6. The maximum absolute atomic E-state index is 14.0. The summed E-state index contributed by atoms with van der Waals surface area (Å²) in [6, 6.07) is 8.82. The standard InChI is InChI=1S/C23H28F2N8O2/c24-21(25)22-28-16-3-1-2-4-17(16)33(22)19-13-18(29-23(30-19)32-9-11-35-12-10-32)31-7-5-15(6-8-31)27-20(34)14-26/h1-4,13,15,21H,5-12,14,26H2,(H,27,34). The van der Waals surface area contributed by atoms with Gasteiger partial charge in [0.05, 0.1) is 30.8 Å². The molecule has 5 rings (SSSR count). The van der Waals surface area contributed by atoms with E-state index in [2.05, 4.69) is 15.2 Å². The van der Waals surface area contributed by atoms with Crippen LogP contribution in [0, 0.1) is 0 Å². The van der Waals surface area contributed by atoms with Crippen molar-refractivity contribution >= 4 is 28.7 Å². The summed E-state index contributed by atoms with van der Waals surface area (Å²) in [7, 11) is 0. The van der Waals surface area contributed by atoms with E-state index in [1.54, 1.807) is 30.3 Å². The van der Waals surface area contributed by atoms with Gasteiger partial charge < -0.3 is 25.6 Å². The molecule has 2 aliphatic heterocycles. The predicted molar refractivity (Wildman–Crippen MR) is 127 cm³/mol. The van der Waals surface area contributed by atoms with Gasteiger partial charge >= 0.3 is 0 Å². The maximum Gasteiger partial charge on any atom is 0.296 e. The van der Waals surface area contributed by atoms with Crippen molar-refractivity contribution in [1.29, 1.82) is 0 Å². The summed E-state index contributed by atoms with van der Waals surface area (Å²) in [5, 5.41) is 2.94. The number of morpholine rings is 1. The Morgan fingerprint density at radius 3 is 2.49 bits per heavy atom. The summed E-state index contributed by atoms with van der Waals surface area (Å²) < 4.78 is 34.9. The number of nitrogens with one attached hydrogen (secondary N) is 1. The lowest BCUT2D eigenvalue weighted by molar-refractivity contribution is -0.120. The lowest BCUT2D eigenvalue weighted by Crippen LogP contribution is -2.46. The number of hydrogen-bond acceptors (Lipinski definition) is 8. The summed E-state index contributed by atoms with van der Waals surface area (Å²) >= 11 is 0. The van der Waals surface area contributed by atoms with E-state index >= 15 is 0 Å². The second-order valence-corrected chi connectivity index (χ2v) is 8.61. The number of carbonyl (C=O) groups excluding carboxylic acids is 1. The first-order valence-corrected chi connectivity index (χ1v) is 11.8. The van der Waals surface area contributed by atoms with Gasteiger partial charge in [0.2, 0.25) is 11.9 Å². The molecule has 186 valence electrons. The highest BCUT2D eigenvalue weighted by atomic mass is 19.3. The fraction of sp³-hybridized carbons (Fsp3) is 0.478. The Labute approximate surface area is 201 Å². The van der Waals surface area contributed by atoms with Crippen LogP contribution in [-0.4, -0.2) is 77.4 Å². The third kappa shape index (κ3) is 4.89. The van der Waals surface area contributed by atoms with E-state index in [4.69, 9.17) is 20.4 Å². The van der Waals surface area contributed by atoms with Crippen molar-refractivity contribution in [2.75, 3.05) is 55.7 Å². The number of nitrogens with zero attached hydrogens (tertiary/aromatic N) is 6. The average Bonchev–Trinajstić information content (AvgIpc) is 3.29. The van der Waals surface area contributed by atoms with Crippen molar-refractivity contribution in [3.05, 3.63) is 36.2 Å². The molecule has 0 saturated carbocycles. The molecule has 0 spiro atoms. The van der Waals surface area contributed by atoms with E-state index in [-0.39, 0.29) is 24.3 Å². The molecule has 3 aromatic rings. The second-order valence-electron chi connectivity index (χ2n) is 8.61. The van der Waals surface area contributed by atoms with Crippen molar-refractivity contribution in [3.8, 4) is 5.82 Å². The second kappa shape index (κ2) is 10.1. The number of aromatic nitrogens is 4. The summed E-state index contributed by atoms with van der Waals surface area (Å²) in [4.78, 5) is 29.5. The lowest BCUT2D eigenvalue weighted by Gasteiger charge is -2.34. The molecule has 0 bridgehead atoms. The van der Waals surface area contributed by atoms with Crippen molar-refractivity contribution < 1.29 is 18.3 Å². The van der Waals surface area contributed by atoms with Gasteiger partial charge in [-0.3, -0.25) is 9.36 Å². The highest BCUT2D eigenvalue weighted by Crippen LogP contribution is 2.30. The molecule has 0 atom stereocenters. The number of fused-ring (bicyclic) bond motifs is 1. The fourth-order valence-electron chi connectivity index (χ4n) is 4.56. The number of nitrogens with two attached hydrogens (primary N) is 1. The third-order valence-corrected chi connectivity index (χ3v) is 6.36. The number of imidazole rings is 1. The molecule has 2 saturated heterocycles. The number of anilines is 2. The van der Waals surface area contributed by atoms with E-state index < -0.39 is 6.43 Å². The number of hydrogen-bond donors (Lipinski definition) is 2. The minimum atomic E-state index is -2.77. The molecule has 1 aromatic carbocycles. The summed E-state index contributed by atoms with van der Waals surface area (Å²) in [6.45, 7) is 3.59. The topological polar surface area (TPSA) is 114 Å². The van der Waals surface area contributed by atoms with Crippen LogP contribution in [0.5, 0.6) is 0 Å². The van der Waals surface area contributed by atoms with Crippen molar-refractivity contribution in [3.63, 3.8) is 0 Å². The van der Waals surface area contributed by atoms with Gasteiger partial charge in [0.1, 0.15) is 11.6 Å². The minimum absolute atomic E-state index is 0.0380. The van der Waals surface area contributed by atoms with Gasteiger partial charge in [-0.2, -0.15) is 9.97 Å². The Morgan fingerprint density at radius 1 is 1.06 bits per heavy atom. The number of amides is 1. The van der Waals surface area contributed by atoms with Crippen LogP contribution in [0.15, 0.2) is 30.3 Å². The van der Waals surface area contributed by atoms with Crippen LogP contribution >= 0.6 is 0 Å². The van der Waals surface area contributed by atoms with Crippen LogP contribution in [0.4, 0.5) is 20.5 Å². The van der Waals surface area contributed by atoms with Gasteiger partial charge in [0, 0.05) is 38.3 Å². The Hall–Kier alpha value is -3.38. The van der Waals surface area contributed by atoms with Crippen LogP contribution in [0.25, 0.3) is 16.9 Å². The van der Waals surface area contributed by atoms with Gasteiger partial charge in [-0.05, 0) is 25.0 Å². The first-order chi connectivity index (χ1) is 17.0. The molecule has 2 aromatic heterocycles. The van der Waals surface area contributed by atoms with Crippen LogP contribution in [0.3, 0.4) is 0 Å². The SMILES string of the molecule is NCC(=O)NC1CCN(c2cc(-n3c(C(F)F)nc4ccccc43)nc(N3CCOCC3)n2)CC1. The molecular formula is C23H28F2N8O2. The molecule has 0 aliphatic carbocycles. The predicted octanol–water partition coefficient (Wildman–Crippen LogP) is 1.63.